The van der Waals surface area contributed by atoms with Crippen LogP contribution in [0.5, 0.6) is 0 Å². The van der Waals surface area contributed by atoms with E-state index in [2.05, 4.69) is 43.1 Å². The Labute approximate surface area is 110 Å². The van der Waals surface area contributed by atoms with Gasteiger partial charge in [-0.15, -0.1) is 0 Å². The van der Waals surface area contributed by atoms with Crippen LogP contribution in [-0.2, 0) is 4.79 Å². The molecule has 0 amide bonds. The fourth-order valence-electron chi connectivity index (χ4n) is 2.73. The van der Waals surface area contributed by atoms with Gasteiger partial charge < -0.3 is 4.90 Å². The lowest BCUT2D eigenvalue weighted by atomic mass is 9.98. The lowest BCUT2D eigenvalue weighted by Gasteiger charge is -2.24. The number of benzene rings is 1. The molecule has 0 spiro atoms. The Kier molecular flexibility index (Phi) is 4.40. The summed E-state index contributed by atoms with van der Waals surface area (Å²) in [5, 5.41) is 0. The maximum absolute atomic E-state index is 12.0. The van der Waals surface area contributed by atoms with Gasteiger partial charge in [0.2, 0.25) is 0 Å². The Morgan fingerprint density at radius 2 is 2.11 bits per heavy atom. The van der Waals surface area contributed by atoms with Gasteiger partial charge in [-0.2, -0.15) is 0 Å². The number of anilines is 1. The summed E-state index contributed by atoms with van der Waals surface area (Å²) in [5.41, 5.74) is 2.48. The highest BCUT2D eigenvalue weighted by atomic mass is 16.1. The van der Waals surface area contributed by atoms with Crippen molar-refractivity contribution in [3.8, 4) is 0 Å². The maximum atomic E-state index is 12.0. The predicted octanol–water partition coefficient (Wildman–Crippen LogP) is 3.58. The predicted molar refractivity (Wildman–Crippen MR) is 76.0 cm³/mol. The van der Waals surface area contributed by atoms with Gasteiger partial charge in [0, 0.05) is 31.6 Å². The van der Waals surface area contributed by atoms with Crippen LogP contribution in [0.25, 0.3) is 0 Å². The second-order valence-corrected chi connectivity index (χ2v) is 5.48. The minimum Gasteiger partial charge on any atom is -0.374 e. The minimum absolute atomic E-state index is 0.234. The monoisotopic (exact) mass is 245 g/mol. The van der Waals surface area contributed by atoms with Crippen molar-refractivity contribution < 1.29 is 4.79 Å². The van der Waals surface area contributed by atoms with E-state index < -0.39 is 0 Å². The molecule has 1 saturated carbocycles. The summed E-state index contributed by atoms with van der Waals surface area (Å²) in [6.07, 6.45) is 5.36. The zero-order chi connectivity index (χ0) is 13.0. The van der Waals surface area contributed by atoms with Crippen molar-refractivity contribution in [1.29, 1.82) is 0 Å². The molecule has 0 aromatic heterocycles. The third kappa shape index (κ3) is 3.34. The fraction of sp³-hybridized carbons (Fsp3) is 0.562. The van der Waals surface area contributed by atoms with E-state index in [9.17, 15) is 4.79 Å². The molecule has 2 heteroatoms. The van der Waals surface area contributed by atoms with Crippen LogP contribution >= 0.6 is 0 Å². The van der Waals surface area contributed by atoms with E-state index in [1.807, 2.05) is 0 Å². The summed E-state index contributed by atoms with van der Waals surface area (Å²) in [6, 6.07) is 8.49. The van der Waals surface area contributed by atoms with E-state index in [0.29, 0.717) is 5.78 Å². The number of hydrogen-bond donors (Lipinski definition) is 0. The molecule has 0 heterocycles. The van der Waals surface area contributed by atoms with Gasteiger partial charge >= 0.3 is 0 Å². The smallest absolute Gasteiger partial charge is 0.137 e. The number of aryl methyl sites for hydroxylation is 1. The van der Waals surface area contributed by atoms with Crippen LogP contribution in [-0.4, -0.2) is 19.4 Å². The van der Waals surface area contributed by atoms with Gasteiger partial charge in [0.05, 0.1) is 0 Å². The molecule has 1 atom stereocenters. The molecule has 1 aliphatic carbocycles. The molecule has 1 aliphatic rings. The third-order valence-corrected chi connectivity index (χ3v) is 3.87. The molecule has 1 aromatic carbocycles. The quantitative estimate of drug-likeness (QED) is 0.759. The molecular weight excluding hydrogens is 222 g/mol. The van der Waals surface area contributed by atoms with E-state index in [-0.39, 0.29) is 5.92 Å². The first kappa shape index (κ1) is 13.1. The normalized spacial score (nSPS) is 20.6. The Morgan fingerprint density at radius 1 is 1.28 bits per heavy atom. The van der Waals surface area contributed by atoms with Crippen molar-refractivity contribution >= 4 is 11.5 Å². The Bertz CT molecular complexity index is 413. The zero-order valence-electron chi connectivity index (χ0n) is 11.5. The second kappa shape index (κ2) is 6.03. The molecule has 0 saturated heterocycles. The summed E-state index contributed by atoms with van der Waals surface area (Å²) >= 11 is 0. The second-order valence-electron chi connectivity index (χ2n) is 5.48. The highest BCUT2D eigenvalue weighted by molar-refractivity contribution is 5.81. The first-order valence-corrected chi connectivity index (χ1v) is 6.97. The van der Waals surface area contributed by atoms with Crippen LogP contribution in [0.1, 0.15) is 37.7 Å². The molecule has 98 valence electrons. The number of Topliss-reactive ketones (excluding diaryl/α,β-unsaturated/α-hetero) is 1. The fourth-order valence-corrected chi connectivity index (χ4v) is 2.73. The van der Waals surface area contributed by atoms with Gasteiger partial charge in [-0.3, -0.25) is 4.79 Å². The number of carbonyl (C=O) groups is 1. The van der Waals surface area contributed by atoms with Gasteiger partial charge in [0.15, 0.2) is 0 Å². The van der Waals surface area contributed by atoms with Crippen molar-refractivity contribution in [2.75, 3.05) is 18.5 Å². The van der Waals surface area contributed by atoms with Crippen LogP contribution < -0.4 is 4.90 Å². The summed E-state index contributed by atoms with van der Waals surface area (Å²) in [4.78, 5) is 14.2. The van der Waals surface area contributed by atoms with Gasteiger partial charge in [0.1, 0.15) is 5.78 Å². The summed E-state index contributed by atoms with van der Waals surface area (Å²) in [5.74, 6) is 0.699. The van der Waals surface area contributed by atoms with Gasteiger partial charge in [-0.25, -0.2) is 0 Å². The van der Waals surface area contributed by atoms with E-state index in [4.69, 9.17) is 0 Å². The lowest BCUT2D eigenvalue weighted by Crippen LogP contribution is -2.29. The van der Waals surface area contributed by atoms with Crippen LogP contribution in [0.4, 0.5) is 5.69 Å². The van der Waals surface area contributed by atoms with Crippen molar-refractivity contribution in [3.05, 3.63) is 29.8 Å². The minimum atomic E-state index is 0.234. The van der Waals surface area contributed by atoms with Gasteiger partial charge in [-0.1, -0.05) is 25.0 Å². The van der Waals surface area contributed by atoms with Crippen molar-refractivity contribution in [2.45, 2.75) is 39.0 Å². The summed E-state index contributed by atoms with van der Waals surface area (Å²) < 4.78 is 0. The number of rotatable bonds is 3. The average molecular weight is 245 g/mol. The molecule has 18 heavy (non-hydrogen) atoms. The molecule has 0 bridgehead atoms. The largest absolute Gasteiger partial charge is 0.374 e. The third-order valence-electron chi connectivity index (χ3n) is 3.87. The number of ketones is 1. The van der Waals surface area contributed by atoms with Crippen molar-refractivity contribution in [1.82, 2.24) is 0 Å². The standard InChI is InChI=1S/C16H23NO/c1-13-7-6-9-15(11-13)17(2)12-14-8-4-3-5-10-16(14)18/h6-7,9,11,14H,3-5,8,10,12H2,1-2H3. The number of hydrogen-bond acceptors (Lipinski definition) is 2. The highest BCUT2D eigenvalue weighted by Crippen LogP contribution is 2.23. The molecule has 0 radical (unpaired) electrons. The van der Waals surface area contributed by atoms with Crippen LogP contribution in [0, 0.1) is 12.8 Å². The van der Waals surface area contributed by atoms with Crippen LogP contribution in [0.2, 0.25) is 0 Å². The molecule has 0 aliphatic heterocycles. The number of carbonyl (C=O) groups excluding carboxylic acids is 1. The SMILES string of the molecule is Cc1cccc(N(C)CC2CCCCCC2=O)c1. The first-order valence-electron chi connectivity index (χ1n) is 6.97. The molecule has 2 rings (SSSR count). The molecule has 1 fully saturated rings. The van der Waals surface area contributed by atoms with E-state index in [1.54, 1.807) is 0 Å². The molecule has 0 N–H and O–H groups in total. The van der Waals surface area contributed by atoms with E-state index >= 15 is 0 Å². The molecule has 1 unspecified atom stereocenters. The van der Waals surface area contributed by atoms with Gasteiger partial charge in [0.25, 0.3) is 0 Å². The maximum Gasteiger partial charge on any atom is 0.137 e. The Hall–Kier alpha value is -1.31. The van der Waals surface area contributed by atoms with Crippen molar-refractivity contribution in [2.24, 2.45) is 5.92 Å². The lowest BCUT2D eigenvalue weighted by molar-refractivity contribution is -0.122. The highest BCUT2D eigenvalue weighted by Gasteiger charge is 2.22. The Morgan fingerprint density at radius 3 is 2.89 bits per heavy atom. The zero-order valence-corrected chi connectivity index (χ0v) is 11.5. The van der Waals surface area contributed by atoms with Crippen LogP contribution in [0.3, 0.4) is 0 Å². The number of nitrogens with zero attached hydrogens (tertiary/aromatic N) is 1. The van der Waals surface area contributed by atoms with Crippen molar-refractivity contribution in [3.63, 3.8) is 0 Å². The topological polar surface area (TPSA) is 20.3 Å². The Balaban J connectivity index is 2.01. The molecular formula is C16H23NO. The van der Waals surface area contributed by atoms with E-state index in [0.717, 1.165) is 25.8 Å². The van der Waals surface area contributed by atoms with Crippen LogP contribution in [0.15, 0.2) is 24.3 Å². The van der Waals surface area contributed by atoms with Gasteiger partial charge in [-0.05, 0) is 37.5 Å². The average Bonchev–Trinajstić information content (AvgIpc) is 2.55. The first-order chi connectivity index (χ1) is 8.66. The van der Waals surface area contributed by atoms with E-state index in [1.165, 1.54) is 24.1 Å². The molecule has 2 nitrogen and oxygen atoms in total. The summed E-state index contributed by atoms with van der Waals surface area (Å²) in [7, 11) is 2.09. The summed E-state index contributed by atoms with van der Waals surface area (Å²) in [6.45, 7) is 2.97. The molecule has 1 aromatic rings.